The summed E-state index contributed by atoms with van der Waals surface area (Å²) >= 11 is 0. The number of hydrogen-bond acceptors (Lipinski definition) is 3. The summed E-state index contributed by atoms with van der Waals surface area (Å²) in [5, 5.41) is 5.02. The van der Waals surface area contributed by atoms with Gasteiger partial charge in [-0.2, -0.15) is 0 Å². The fourth-order valence-electron chi connectivity index (χ4n) is 3.04. The highest BCUT2D eigenvalue weighted by atomic mass is 16.5. The van der Waals surface area contributed by atoms with E-state index in [4.69, 9.17) is 4.74 Å². The average Bonchev–Trinajstić information content (AvgIpc) is 2.65. The minimum atomic E-state index is -0.410. The molecular weight excluding hydrogens is 318 g/mol. The van der Waals surface area contributed by atoms with E-state index in [9.17, 15) is 9.59 Å². The Kier molecular flexibility index (Phi) is 5.72. The fraction of sp³-hybridized carbons (Fsp3) is 0.368. The molecular formula is C19H23N3O3. The van der Waals surface area contributed by atoms with E-state index in [1.165, 1.54) is 6.42 Å². The van der Waals surface area contributed by atoms with Crippen LogP contribution >= 0.6 is 0 Å². The Bertz CT molecular complexity index is 742. The number of nitrogens with one attached hydrogen (secondary N) is 3. The van der Waals surface area contributed by atoms with E-state index in [2.05, 4.69) is 16.2 Å². The van der Waals surface area contributed by atoms with Gasteiger partial charge in [-0.05, 0) is 35.7 Å². The zero-order chi connectivity index (χ0) is 17.5. The molecule has 6 heteroatoms. The van der Waals surface area contributed by atoms with Crippen molar-refractivity contribution in [3.05, 3.63) is 42.5 Å². The van der Waals surface area contributed by atoms with Gasteiger partial charge in [0, 0.05) is 6.04 Å². The van der Waals surface area contributed by atoms with E-state index in [1.807, 2.05) is 42.5 Å². The van der Waals surface area contributed by atoms with Gasteiger partial charge in [0.05, 0.1) is 0 Å². The first kappa shape index (κ1) is 17.1. The first-order valence-electron chi connectivity index (χ1n) is 8.68. The third-order valence-corrected chi connectivity index (χ3v) is 4.35. The molecule has 1 fully saturated rings. The number of benzene rings is 2. The summed E-state index contributed by atoms with van der Waals surface area (Å²) < 4.78 is 5.47. The van der Waals surface area contributed by atoms with E-state index in [0.29, 0.717) is 5.75 Å². The SMILES string of the molecule is O=C(COc1ccc2ccccc2c1)NNC(=O)NC1CCCCC1. The van der Waals surface area contributed by atoms with Crippen LogP contribution in [0.5, 0.6) is 5.75 Å². The van der Waals surface area contributed by atoms with Gasteiger partial charge in [0.25, 0.3) is 5.91 Å². The van der Waals surface area contributed by atoms with Crippen molar-refractivity contribution < 1.29 is 14.3 Å². The Balaban J connectivity index is 1.40. The minimum absolute atomic E-state index is 0.165. The Morgan fingerprint density at radius 3 is 2.52 bits per heavy atom. The summed E-state index contributed by atoms with van der Waals surface area (Å²) in [5.74, 6) is 0.201. The molecule has 3 N–H and O–H groups in total. The molecule has 25 heavy (non-hydrogen) atoms. The molecule has 0 aliphatic heterocycles. The molecule has 1 aliphatic rings. The zero-order valence-corrected chi connectivity index (χ0v) is 14.1. The number of hydrazine groups is 1. The van der Waals surface area contributed by atoms with Gasteiger partial charge in [-0.25, -0.2) is 10.2 Å². The number of ether oxygens (including phenoxy) is 1. The van der Waals surface area contributed by atoms with Gasteiger partial charge < -0.3 is 10.1 Å². The molecule has 3 rings (SSSR count). The van der Waals surface area contributed by atoms with Gasteiger partial charge in [-0.15, -0.1) is 0 Å². The lowest BCUT2D eigenvalue weighted by atomic mass is 9.96. The average molecular weight is 341 g/mol. The monoisotopic (exact) mass is 341 g/mol. The second kappa shape index (κ2) is 8.37. The molecule has 2 aromatic carbocycles. The maximum Gasteiger partial charge on any atom is 0.333 e. The summed E-state index contributed by atoms with van der Waals surface area (Å²) in [7, 11) is 0. The highest BCUT2D eigenvalue weighted by molar-refractivity contribution is 5.84. The van der Waals surface area contributed by atoms with Crippen molar-refractivity contribution in [3.8, 4) is 5.75 Å². The molecule has 0 radical (unpaired) electrons. The predicted octanol–water partition coefficient (Wildman–Crippen LogP) is 2.88. The van der Waals surface area contributed by atoms with Gasteiger partial charge >= 0.3 is 6.03 Å². The van der Waals surface area contributed by atoms with Gasteiger partial charge in [-0.1, -0.05) is 49.6 Å². The van der Waals surface area contributed by atoms with Crippen LogP contribution in [0.25, 0.3) is 10.8 Å². The third-order valence-electron chi connectivity index (χ3n) is 4.35. The summed E-state index contributed by atoms with van der Waals surface area (Å²) in [4.78, 5) is 23.6. The largest absolute Gasteiger partial charge is 0.484 e. The quantitative estimate of drug-likeness (QED) is 0.748. The third kappa shape index (κ3) is 5.11. The molecule has 1 saturated carbocycles. The number of rotatable bonds is 4. The first-order chi connectivity index (χ1) is 12.2. The molecule has 0 bridgehead atoms. The smallest absolute Gasteiger partial charge is 0.333 e. The van der Waals surface area contributed by atoms with E-state index in [-0.39, 0.29) is 18.7 Å². The van der Waals surface area contributed by atoms with Crippen molar-refractivity contribution in [3.63, 3.8) is 0 Å². The molecule has 132 valence electrons. The normalized spacial score (nSPS) is 14.7. The van der Waals surface area contributed by atoms with Crippen LogP contribution in [0.3, 0.4) is 0 Å². The number of urea groups is 1. The lowest BCUT2D eigenvalue weighted by molar-refractivity contribution is -0.123. The van der Waals surface area contributed by atoms with E-state index >= 15 is 0 Å². The van der Waals surface area contributed by atoms with Crippen LogP contribution in [0.1, 0.15) is 32.1 Å². The Morgan fingerprint density at radius 2 is 1.72 bits per heavy atom. The Labute approximate surface area is 146 Å². The number of hydrogen-bond donors (Lipinski definition) is 3. The van der Waals surface area contributed by atoms with Gasteiger partial charge in [0.15, 0.2) is 6.61 Å². The van der Waals surface area contributed by atoms with Crippen molar-refractivity contribution >= 4 is 22.7 Å². The second-order valence-corrected chi connectivity index (χ2v) is 6.28. The number of fused-ring (bicyclic) bond motifs is 1. The fourth-order valence-corrected chi connectivity index (χ4v) is 3.04. The minimum Gasteiger partial charge on any atom is -0.484 e. The van der Waals surface area contributed by atoms with Crippen molar-refractivity contribution in [2.24, 2.45) is 0 Å². The molecule has 0 heterocycles. The highest BCUT2D eigenvalue weighted by Crippen LogP contribution is 2.20. The maximum absolute atomic E-state index is 11.8. The van der Waals surface area contributed by atoms with Crippen molar-refractivity contribution in [2.75, 3.05) is 6.61 Å². The number of carbonyl (C=O) groups is 2. The lowest BCUT2D eigenvalue weighted by Gasteiger charge is -2.22. The summed E-state index contributed by atoms with van der Waals surface area (Å²) in [5.41, 5.74) is 4.72. The van der Waals surface area contributed by atoms with Crippen LogP contribution in [-0.4, -0.2) is 24.6 Å². The van der Waals surface area contributed by atoms with Crippen LogP contribution in [0, 0.1) is 0 Å². The second-order valence-electron chi connectivity index (χ2n) is 6.28. The summed E-state index contributed by atoms with van der Waals surface area (Å²) in [6.07, 6.45) is 5.48. The van der Waals surface area contributed by atoms with Crippen LogP contribution in [-0.2, 0) is 4.79 Å². The van der Waals surface area contributed by atoms with Gasteiger partial charge in [0.1, 0.15) is 5.75 Å². The van der Waals surface area contributed by atoms with Crippen LogP contribution in [0.4, 0.5) is 4.79 Å². The van der Waals surface area contributed by atoms with E-state index in [1.54, 1.807) is 0 Å². The maximum atomic E-state index is 11.8. The lowest BCUT2D eigenvalue weighted by Crippen LogP contribution is -2.51. The Morgan fingerprint density at radius 1 is 0.960 bits per heavy atom. The van der Waals surface area contributed by atoms with Crippen LogP contribution < -0.4 is 20.9 Å². The van der Waals surface area contributed by atoms with Crippen molar-refractivity contribution in [1.29, 1.82) is 0 Å². The molecule has 0 spiro atoms. The van der Waals surface area contributed by atoms with Crippen molar-refractivity contribution in [1.82, 2.24) is 16.2 Å². The first-order valence-corrected chi connectivity index (χ1v) is 8.68. The molecule has 3 amide bonds. The number of amides is 3. The predicted molar refractivity (Wildman–Crippen MR) is 96.1 cm³/mol. The van der Waals surface area contributed by atoms with E-state index in [0.717, 1.165) is 36.5 Å². The zero-order valence-electron chi connectivity index (χ0n) is 14.1. The molecule has 0 unspecified atom stereocenters. The topological polar surface area (TPSA) is 79.5 Å². The summed E-state index contributed by atoms with van der Waals surface area (Å²) in [6.45, 7) is -0.165. The molecule has 0 saturated heterocycles. The molecule has 2 aromatic rings. The van der Waals surface area contributed by atoms with Crippen LogP contribution in [0.15, 0.2) is 42.5 Å². The molecule has 1 aliphatic carbocycles. The van der Waals surface area contributed by atoms with Crippen molar-refractivity contribution in [2.45, 2.75) is 38.1 Å². The van der Waals surface area contributed by atoms with Gasteiger partial charge in [-0.3, -0.25) is 10.2 Å². The highest BCUT2D eigenvalue weighted by Gasteiger charge is 2.15. The Hall–Kier alpha value is -2.76. The van der Waals surface area contributed by atoms with Crippen LogP contribution in [0.2, 0.25) is 0 Å². The molecule has 0 aromatic heterocycles. The molecule has 0 atom stereocenters. The van der Waals surface area contributed by atoms with E-state index < -0.39 is 5.91 Å². The standard InChI is InChI=1S/C19H23N3O3/c23-18(21-22-19(24)20-16-8-2-1-3-9-16)13-25-17-11-10-14-6-4-5-7-15(14)12-17/h4-7,10-12,16H,1-3,8-9,13H2,(H,21,23)(H2,20,22,24). The summed E-state index contributed by atoms with van der Waals surface area (Å²) in [6, 6.07) is 13.4. The molecule has 6 nitrogen and oxygen atoms in total. The van der Waals surface area contributed by atoms with Gasteiger partial charge in [0.2, 0.25) is 0 Å². The number of carbonyl (C=O) groups excluding carboxylic acids is 2.